The van der Waals surface area contributed by atoms with Crippen LogP contribution in [0.25, 0.3) is 0 Å². The van der Waals surface area contributed by atoms with Gasteiger partial charge in [-0.05, 0) is 48.9 Å². The minimum absolute atomic E-state index is 0.230. The summed E-state index contributed by atoms with van der Waals surface area (Å²) in [5.74, 6) is 0.542. The molecule has 1 saturated carbocycles. The Kier molecular flexibility index (Phi) is 3.52. The molecule has 1 aromatic carbocycles. The second kappa shape index (κ2) is 4.99. The van der Waals surface area contributed by atoms with Crippen LogP contribution >= 0.6 is 23.2 Å². The van der Waals surface area contributed by atoms with Crippen LogP contribution < -0.4 is 16.6 Å². The van der Waals surface area contributed by atoms with E-state index in [4.69, 9.17) is 28.9 Å². The van der Waals surface area contributed by atoms with Crippen molar-refractivity contribution in [1.29, 1.82) is 0 Å². The van der Waals surface area contributed by atoms with Gasteiger partial charge in [-0.15, -0.1) is 0 Å². The van der Waals surface area contributed by atoms with Gasteiger partial charge in [-0.3, -0.25) is 5.43 Å². The van der Waals surface area contributed by atoms with Crippen LogP contribution in [0.5, 0.6) is 0 Å². The lowest BCUT2D eigenvalue weighted by molar-refractivity contribution is 0.281. The van der Waals surface area contributed by atoms with Crippen LogP contribution in [-0.4, -0.2) is 12.1 Å². The molecule has 2 aliphatic rings. The Labute approximate surface area is 117 Å². The van der Waals surface area contributed by atoms with Crippen LogP contribution in [0.3, 0.4) is 0 Å². The molecule has 1 heterocycles. The number of rotatable bonds is 1. The number of nitrogens with one attached hydrogen (secondary N) is 2. The van der Waals surface area contributed by atoms with E-state index in [9.17, 15) is 0 Å². The number of halogens is 2. The third-order valence-corrected chi connectivity index (χ3v) is 4.67. The summed E-state index contributed by atoms with van der Waals surface area (Å²) in [7, 11) is 0. The van der Waals surface area contributed by atoms with Gasteiger partial charge < -0.3 is 5.73 Å². The Bertz CT molecular complexity index is 452. The highest BCUT2D eigenvalue weighted by molar-refractivity contribution is 6.33. The van der Waals surface area contributed by atoms with E-state index >= 15 is 0 Å². The van der Waals surface area contributed by atoms with Crippen molar-refractivity contribution in [3.05, 3.63) is 33.8 Å². The summed E-state index contributed by atoms with van der Waals surface area (Å²) in [6.07, 6.45) is 3.23. The molecule has 0 bridgehead atoms. The summed E-state index contributed by atoms with van der Waals surface area (Å²) < 4.78 is 0. The fourth-order valence-corrected chi connectivity index (χ4v) is 3.57. The maximum Gasteiger partial charge on any atom is 0.0521 e. The maximum atomic E-state index is 6.29. The van der Waals surface area contributed by atoms with Crippen molar-refractivity contribution in [3.63, 3.8) is 0 Å². The van der Waals surface area contributed by atoms with Crippen LogP contribution in [0.15, 0.2) is 18.2 Å². The van der Waals surface area contributed by atoms with Crippen molar-refractivity contribution in [2.75, 3.05) is 0 Å². The van der Waals surface area contributed by atoms with Crippen molar-refractivity contribution in [1.82, 2.24) is 10.9 Å². The molecule has 1 aliphatic carbocycles. The molecule has 3 nitrogen and oxygen atoms in total. The van der Waals surface area contributed by atoms with Crippen LogP contribution in [0.2, 0.25) is 10.0 Å². The normalized spacial score (nSPS) is 35.5. The average molecular weight is 286 g/mol. The van der Waals surface area contributed by atoms with E-state index < -0.39 is 0 Å². The van der Waals surface area contributed by atoms with Gasteiger partial charge in [0.1, 0.15) is 0 Å². The summed E-state index contributed by atoms with van der Waals surface area (Å²) in [4.78, 5) is 0. The summed E-state index contributed by atoms with van der Waals surface area (Å²) in [5.41, 5.74) is 13.8. The number of hydrazine groups is 1. The minimum atomic E-state index is 0.230. The van der Waals surface area contributed by atoms with E-state index in [-0.39, 0.29) is 6.04 Å². The van der Waals surface area contributed by atoms with E-state index in [0.717, 1.165) is 34.9 Å². The summed E-state index contributed by atoms with van der Waals surface area (Å²) in [5, 5.41) is 1.50. The van der Waals surface area contributed by atoms with Gasteiger partial charge in [0.15, 0.2) is 0 Å². The van der Waals surface area contributed by atoms with Gasteiger partial charge in [0.05, 0.1) is 6.04 Å². The Balaban J connectivity index is 1.87. The topological polar surface area (TPSA) is 50.1 Å². The third kappa shape index (κ3) is 2.26. The molecule has 4 unspecified atom stereocenters. The predicted octanol–water partition coefficient (Wildman–Crippen LogP) is 2.64. The first-order valence-electron chi connectivity index (χ1n) is 6.37. The van der Waals surface area contributed by atoms with Gasteiger partial charge in [0.25, 0.3) is 0 Å². The molecular weight excluding hydrogens is 269 g/mol. The van der Waals surface area contributed by atoms with E-state index in [0.29, 0.717) is 18.0 Å². The summed E-state index contributed by atoms with van der Waals surface area (Å²) >= 11 is 12.4. The van der Waals surface area contributed by atoms with Gasteiger partial charge in [0.2, 0.25) is 0 Å². The lowest BCUT2D eigenvalue weighted by Crippen LogP contribution is -2.41. The molecule has 0 aromatic heterocycles. The molecule has 1 aromatic rings. The number of benzene rings is 1. The van der Waals surface area contributed by atoms with E-state index in [1.54, 1.807) is 0 Å². The van der Waals surface area contributed by atoms with Crippen molar-refractivity contribution in [2.24, 2.45) is 11.7 Å². The van der Waals surface area contributed by atoms with E-state index in [1.165, 1.54) is 0 Å². The number of fused-ring (bicyclic) bond motifs is 1. The van der Waals surface area contributed by atoms with Gasteiger partial charge in [-0.2, -0.15) is 0 Å². The fourth-order valence-electron chi connectivity index (χ4n) is 3.16. The second-order valence-electron chi connectivity index (χ2n) is 5.28. The van der Waals surface area contributed by atoms with Crippen molar-refractivity contribution in [3.8, 4) is 0 Å². The molecule has 4 N–H and O–H groups in total. The highest BCUT2D eigenvalue weighted by Crippen LogP contribution is 2.40. The molecule has 3 rings (SSSR count). The Hall–Kier alpha value is -0.320. The predicted molar refractivity (Wildman–Crippen MR) is 74.6 cm³/mol. The molecule has 0 spiro atoms. The summed E-state index contributed by atoms with van der Waals surface area (Å²) in [6.45, 7) is 0. The first-order chi connectivity index (χ1) is 8.65. The van der Waals surface area contributed by atoms with Gasteiger partial charge >= 0.3 is 0 Å². The number of hydrogen-bond acceptors (Lipinski definition) is 3. The second-order valence-corrected chi connectivity index (χ2v) is 6.12. The number of hydrogen-bond donors (Lipinski definition) is 3. The highest BCUT2D eigenvalue weighted by atomic mass is 35.5. The fraction of sp³-hybridized carbons (Fsp3) is 0.538. The first kappa shape index (κ1) is 12.7. The Morgan fingerprint density at radius 1 is 1.17 bits per heavy atom. The number of nitrogens with two attached hydrogens (primary N) is 1. The Morgan fingerprint density at radius 3 is 2.83 bits per heavy atom. The van der Waals surface area contributed by atoms with E-state index in [2.05, 4.69) is 10.9 Å². The zero-order chi connectivity index (χ0) is 12.7. The molecule has 2 fully saturated rings. The first-order valence-corrected chi connectivity index (χ1v) is 7.12. The van der Waals surface area contributed by atoms with Crippen molar-refractivity contribution in [2.45, 2.75) is 37.4 Å². The third-order valence-electron chi connectivity index (χ3n) is 4.09. The molecular formula is C13H17Cl2N3. The lowest BCUT2D eigenvalue weighted by Gasteiger charge is -2.31. The molecule has 0 amide bonds. The van der Waals surface area contributed by atoms with Gasteiger partial charge in [-0.25, -0.2) is 5.43 Å². The largest absolute Gasteiger partial charge is 0.328 e. The van der Waals surface area contributed by atoms with Gasteiger partial charge in [0, 0.05) is 22.1 Å². The Morgan fingerprint density at radius 2 is 2.00 bits per heavy atom. The van der Waals surface area contributed by atoms with Crippen molar-refractivity contribution >= 4 is 23.2 Å². The molecule has 5 heteroatoms. The monoisotopic (exact) mass is 285 g/mol. The molecule has 1 aliphatic heterocycles. The zero-order valence-electron chi connectivity index (χ0n) is 10.00. The lowest BCUT2D eigenvalue weighted by atomic mass is 9.78. The van der Waals surface area contributed by atoms with Crippen molar-refractivity contribution < 1.29 is 0 Å². The van der Waals surface area contributed by atoms with Gasteiger partial charge in [-0.1, -0.05) is 23.2 Å². The van der Waals surface area contributed by atoms with Crippen LogP contribution in [0.1, 0.15) is 30.9 Å². The molecule has 0 radical (unpaired) electrons. The van der Waals surface area contributed by atoms with E-state index in [1.807, 2.05) is 18.2 Å². The smallest absolute Gasteiger partial charge is 0.0521 e. The molecule has 1 saturated heterocycles. The SMILES string of the molecule is NC1CCC2C(C1)NNC2c1cc(Cl)ccc1Cl. The van der Waals surface area contributed by atoms with Crippen LogP contribution in [-0.2, 0) is 0 Å². The maximum absolute atomic E-state index is 6.29. The quantitative estimate of drug-likeness (QED) is 0.744. The zero-order valence-corrected chi connectivity index (χ0v) is 11.5. The average Bonchev–Trinajstić information content (AvgIpc) is 2.75. The minimum Gasteiger partial charge on any atom is -0.328 e. The summed E-state index contributed by atoms with van der Waals surface area (Å²) in [6, 6.07) is 6.63. The standard InChI is InChI=1S/C13H17Cl2N3/c14-7-1-4-11(15)10(5-7)13-9-3-2-8(16)6-12(9)17-18-13/h1,4-5,8-9,12-13,17-18H,2-3,6,16H2. The van der Waals surface area contributed by atoms with Crippen LogP contribution in [0.4, 0.5) is 0 Å². The molecule has 4 atom stereocenters. The highest BCUT2D eigenvalue weighted by Gasteiger charge is 2.40. The molecule has 98 valence electrons. The molecule has 18 heavy (non-hydrogen) atoms. The van der Waals surface area contributed by atoms with Crippen LogP contribution in [0, 0.1) is 5.92 Å².